The van der Waals surface area contributed by atoms with Crippen LogP contribution in [0.2, 0.25) is 0 Å². The Hall–Kier alpha value is -2.17. The molecule has 0 bridgehead atoms. The van der Waals surface area contributed by atoms with Crippen LogP contribution in [0.15, 0.2) is 45.3 Å². The van der Waals surface area contributed by atoms with Crippen LogP contribution in [0, 0.1) is 0 Å². The number of carbonyl (C=O) groups is 2. The highest BCUT2D eigenvalue weighted by molar-refractivity contribution is 9.10. The van der Waals surface area contributed by atoms with Crippen LogP contribution in [0.4, 0.5) is 0 Å². The Balaban J connectivity index is 1.85. The molecule has 2 rings (SSSR count). The summed E-state index contributed by atoms with van der Waals surface area (Å²) in [5.74, 6) is 0.0421. The second-order valence-corrected chi connectivity index (χ2v) is 8.85. The van der Waals surface area contributed by atoms with Gasteiger partial charge in [0.05, 0.1) is 16.1 Å². The first-order chi connectivity index (χ1) is 14.7. The number of rotatable bonds is 7. The number of hydrazine groups is 1. The molecule has 0 aliphatic heterocycles. The van der Waals surface area contributed by atoms with Gasteiger partial charge in [-0.1, -0.05) is 28.9 Å². The number of amides is 2. The fourth-order valence-electron chi connectivity index (χ4n) is 2.43. The van der Waals surface area contributed by atoms with E-state index in [4.69, 9.17) is 21.7 Å². The molecular formula is C21H23Br2N3O4S. The van der Waals surface area contributed by atoms with E-state index in [0.717, 1.165) is 20.9 Å². The van der Waals surface area contributed by atoms with E-state index in [2.05, 4.69) is 55.0 Å². The SMILES string of the molecule is CCc1ccc(OCC(=O)NNC(=S)NC(=O)c2cc(Br)ccc2OC(C)C)c(Br)c1. The maximum atomic E-state index is 12.6. The van der Waals surface area contributed by atoms with Crippen molar-refractivity contribution in [3.63, 3.8) is 0 Å². The largest absolute Gasteiger partial charge is 0.490 e. The summed E-state index contributed by atoms with van der Waals surface area (Å²) >= 11 is 11.8. The lowest BCUT2D eigenvalue weighted by molar-refractivity contribution is -0.123. The molecule has 2 amide bonds. The Labute approximate surface area is 203 Å². The van der Waals surface area contributed by atoms with Crippen molar-refractivity contribution in [3.8, 4) is 11.5 Å². The first kappa shape index (κ1) is 25.1. The maximum Gasteiger partial charge on any atom is 0.276 e. The fourth-order valence-corrected chi connectivity index (χ4v) is 3.47. The molecule has 2 aromatic carbocycles. The minimum absolute atomic E-state index is 0.0673. The highest BCUT2D eigenvalue weighted by Crippen LogP contribution is 2.26. The third-order valence-electron chi connectivity index (χ3n) is 3.85. The Morgan fingerprint density at radius 1 is 1.06 bits per heavy atom. The quantitative estimate of drug-likeness (QED) is 0.339. The molecule has 0 spiro atoms. The van der Waals surface area contributed by atoms with E-state index in [1.54, 1.807) is 24.3 Å². The number of hydrogen-bond acceptors (Lipinski definition) is 5. The molecule has 0 atom stereocenters. The zero-order chi connectivity index (χ0) is 23.0. The molecule has 0 heterocycles. The lowest BCUT2D eigenvalue weighted by Gasteiger charge is -2.15. The van der Waals surface area contributed by atoms with Crippen molar-refractivity contribution in [1.82, 2.24) is 16.2 Å². The number of hydrogen-bond donors (Lipinski definition) is 3. The minimum atomic E-state index is -0.472. The van der Waals surface area contributed by atoms with Gasteiger partial charge in [0.25, 0.3) is 11.8 Å². The van der Waals surface area contributed by atoms with E-state index in [1.807, 2.05) is 26.0 Å². The fraction of sp³-hybridized carbons (Fsp3) is 0.286. The van der Waals surface area contributed by atoms with Crippen LogP contribution in [-0.2, 0) is 11.2 Å². The van der Waals surface area contributed by atoms with Crippen molar-refractivity contribution < 1.29 is 19.1 Å². The Kier molecular flexibility index (Phi) is 9.73. The molecule has 0 unspecified atom stereocenters. The van der Waals surface area contributed by atoms with Crippen LogP contribution >= 0.6 is 44.1 Å². The van der Waals surface area contributed by atoms with E-state index in [9.17, 15) is 9.59 Å². The van der Waals surface area contributed by atoms with Gasteiger partial charge in [0, 0.05) is 4.47 Å². The lowest BCUT2D eigenvalue weighted by Crippen LogP contribution is -2.49. The summed E-state index contributed by atoms with van der Waals surface area (Å²) in [6.07, 6.45) is 0.799. The molecule has 0 radical (unpaired) electrons. The van der Waals surface area contributed by atoms with Gasteiger partial charge < -0.3 is 9.47 Å². The predicted octanol–water partition coefficient (Wildman–Crippen LogP) is 4.28. The molecular weight excluding hydrogens is 550 g/mol. The van der Waals surface area contributed by atoms with Crippen molar-refractivity contribution in [2.75, 3.05) is 6.61 Å². The van der Waals surface area contributed by atoms with Gasteiger partial charge >= 0.3 is 0 Å². The standard InChI is InChI=1S/C21H23Br2N3O4S/c1-4-13-5-7-18(16(23)9-13)29-11-19(27)25-26-21(31)24-20(28)15-10-14(22)6-8-17(15)30-12(2)3/h5-10,12H,4,11H2,1-3H3,(H,25,27)(H2,24,26,28,31). The van der Waals surface area contributed by atoms with E-state index in [0.29, 0.717) is 17.1 Å². The van der Waals surface area contributed by atoms with E-state index in [1.165, 1.54) is 0 Å². The molecule has 166 valence electrons. The van der Waals surface area contributed by atoms with Crippen LogP contribution in [-0.4, -0.2) is 29.6 Å². The number of aryl methyl sites for hydroxylation is 1. The Morgan fingerprint density at radius 3 is 2.42 bits per heavy atom. The van der Waals surface area contributed by atoms with Crippen LogP contribution < -0.4 is 25.6 Å². The van der Waals surface area contributed by atoms with Crippen molar-refractivity contribution in [3.05, 3.63) is 56.5 Å². The summed E-state index contributed by atoms with van der Waals surface area (Å²) in [4.78, 5) is 24.6. The average molecular weight is 573 g/mol. The summed E-state index contributed by atoms with van der Waals surface area (Å²) in [5.41, 5.74) is 6.33. The number of nitrogens with one attached hydrogen (secondary N) is 3. The van der Waals surface area contributed by atoms with Gasteiger partial charge in [0.1, 0.15) is 11.5 Å². The molecule has 0 saturated carbocycles. The normalized spacial score (nSPS) is 10.4. The molecule has 3 N–H and O–H groups in total. The van der Waals surface area contributed by atoms with Crippen LogP contribution in [0.25, 0.3) is 0 Å². The van der Waals surface area contributed by atoms with Crippen LogP contribution in [0.1, 0.15) is 36.7 Å². The third kappa shape index (κ3) is 8.12. The highest BCUT2D eigenvalue weighted by Gasteiger charge is 2.16. The third-order valence-corrected chi connectivity index (χ3v) is 5.17. The van der Waals surface area contributed by atoms with Gasteiger partial charge in [-0.25, -0.2) is 0 Å². The molecule has 0 saturated heterocycles. The summed E-state index contributed by atoms with van der Waals surface area (Å²) in [6, 6.07) is 10.8. The Morgan fingerprint density at radius 2 is 1.77 bits per heavy atom. The smallest absolute Gasteiger partial charge is 0.276 e. The molecule has 10 heteroatoms. The second kappa shape index (κ2) is 12.0. The zero-order valence-electron chi connectivity index (χ0n) is 17.3. The first-order valence-corrected chi connectivity index (χ1v) is 11.5. The second-order valence-electron chi connectivity index (χ2n) is 6.67. The number of halogens is 2. The molecule has 31 heavy (non-hydrogen) atoms. The summed E-state index contributed by atoms with van der Waals surface area (Å²) in [6.45, 7) is 5.55. The van der Waals surface area contributed by atoms with Gasteiger partial charge in [-0.3, -0.25) is 25.8 Å². The molecule has 0 aliphatic rings. The van der Waals surface area contributed by atoms with Gasteiger partial charge in [0.2, 0.25) is 0 Å². The molecule has 0 fully saturated rings. The maximum absolute atomic E-state index is 12.6. The molecule has 2 aromatic rings. The monoisotopic (exact) mass is 571 g/mol. The summed E-state index contributed by atoms with van der Waals surface area (Å²) < 4.78 is 12.6. The van der Waals surface area contributed by atoms with Gasteiger partial charge in [-0.05, 0) is 84.3 Å². The first-order valence-electron chi connectivity index (χ1n) is 9.47. The van der Waals surface area contributed by atoms with Gasteiger partial charge in [-0.2, -0.15) is 0 Å². The van der Waals surface area contributed by atoms with Crippen LogP contribution in [0.5, 0.6) is 11.5 Å². The van der Waals surface area contributed by atoms with Crippen LogP contribution in [0.3, 0.4) is 0 Å². The topological polar surface area (TPSA) is 88.7 Å². The van der Waals surface area contributed by atoms with Gasteiger partial charge in [-0.15, -0.1) is 0 Å². The molecule has 7 nitrogen and oxygen atoms in total. The predicted molar refractivity (Wildman–Crippen MR) is 130 cm³/mol. The number of benzene rings is 2. The number of carbonyl (C=O) groups excluding carboxylic acids is 2. The average Bonchev–Trinajstić information content (AvgIpc) is 2.72. The van der Waals surface area contributed by atoms with Crippen molar-refractivity contribution in [2.24, 2.45) is 0 Å². The van der Waals surface area contributed by atoms with E-state index >= 15 is 0 Å². The highest BCUT2D eigenvalue weighted by atomic mass is 79.9. The van der Waals surface area contributed by atoms with Crippen molar-refractivity contribution >= 4 is 61.0 Å². The minimum Gasteiger partial charge on any atom is -0.490 e. The summed E-state index contributed by atoms with van der Waals surface area (Å²) in [5, 5.41) is 2.44. The Bertz CT molecular complexity index is 970. The molecule has 0 aliphatic carbocycles. The van der Waals surface area contributed by atoms with E-state index < -0.39 is 11.8 Å². The van der Waals surface area contributed by atoms with Gasteiger partial charge in [0.15, 0.2) is 11.7 Å². The lowest BCUT2D eigenvalue weighted by atomic mass is 10.2. The van der Waals surface area contributed by atoms with Crippen molar-refractivity contribution in [2.45, 2.75) is 33.3 Å². The van der Waals surface area contributed by atoms with E-state index in [-0.39, 0.29) is 17.8 Å². The molecule has 0 aromatic heterocycles. The van der Waals surface area contributed by atoms with Crippen molar-refractivity contribution in [1.29, 1.82) is 0 Å². The number of ether oxygens (including phenoxy) is 2. The summed E-state index contributed by atoms with van der Waals surface area (Å²) in [7, 11) is 0. The zero-order valence-corrected chi connectivity index (χ0v) is 21.2. The number of thiocarbonyl (C=S) groups is 1.